The number of likely N-dealkylation sites (N-methyl/N-ethyl adjacent to an activating group) is 1. The first-order chi connectivity index (χ1) is 12.3. The molecule has 0 radical (unpaired) electrons. The van der Waals surface area contributed by atoms with Crippen LogP contribution in [0.15, 0.2) is 18.2 Å². The van der Waals surface area contributed by atoms with Crippen LogP contribution in [0.4, 0.5) is 0 Å². The maximum absolute atomic E-state index is 11.3. The van der Waals surface area contributed by atoms with E-state index < -0.39 is 11.9 Å². The van der Waals surface area contributed by atoms with Gasteiger partial charge in [-0.15, -0.1) is 0 Å². The first-order valence-corrected chi connectivity index (χ1v) is 8.36. The van der Waals surface area contributed by atoms with E-state index in [0.29, 0.717) is 11.6 Å². The highest BCUT2D eigenvalue weighted by atomic mass is 16.4. The molecule has 1 aliphatic carbocycles. The summed E-state index contributed by atoms with van der Waals surface area (Å²) in [5.74, 6) is -2.52. The average Bonchev–Trinajstić information content (AvgIpc) is 2.97. The van der Waals surface area contributed by atoms with Crippen molar-refractivity contribution in [3.63, 3.8) is 0 Å². The zero-order valence-corrected chi connectivity index (χ0v) is 14.5. The van der Waals surface area contributed by atoms with E-state index in [9.17, 15) is 14.4 Å². The lowest BCUT2D eigenvalue weighted by Crippen LogP contribution is -2.31. The van der Waals surface area contributed by atoms with Crippen LogP contribution >= 0.6 is 0 Å². The lowest BCUT2D eigenvalue weighted by Gasteiger charge is -2.21. The molecule has 8 heteroatoms. The molecule has 8 nitrogen and oxygen atoms in total. The van der Waals surface area contributed by atoms with Gasteiger partial charge in [0, 0.05) is 28.2 Å². The van der Waals surface area contributed by atoms with Gasteiger partial charge in [-0.1, -0.05) is 0 Å². The topological polar surface area (TPSA) is 146 Å². The summed E-state index contributed by atoms with van der Waals surface area (Å²) in [6.45, 7) is 0. The third-order valence-electron chi connectivity index (χ3n) is 4.43. The minimum atomic E-state index is -1.08. The second-order valence-electron chi connectivity index (χ2n) is 6.22. The Morgan fingerprint density at radius 2 is 1.88 bits per heavy atom. The first-order valence-electron chi connectivity index (χ1n) is 8.36. The fourth-order valence-electron chi connectivity index (χ4n) is 3.03. The van der Waals surface area contributed by atoms with Gasteiger partial charge >= 0.3 is 11.9 Å². The van der Waals surface area contributed by atoms with Crippen LogP contribution in [0.3, 0.4) is 0 Å². The van der Waals surface area contributed by atoms with Gasteiger partial charge in [-0.05, 0) is 50.1 Å². The Hall–Kier alpha value is -2.87. The minimum absolute atomic E-state index is 0.296. The molecular weight excluding hydrogens is 338 g/mol. The van der Waals surface area contributed by atoms with Crippen LogP contribution in [-0.4, -0.2) is 46.1 Å². The van der Waals surface area contributed by atoms with E-state index in [0.717, 1.165) is 30.2 Å². The van der Waals surface area contributed by atoms with Crippen LogP contribution in [0, 0.1) is 0 Å². The predicted octanol–water partition coefficient (Wildman–Crippen LogP) is 1.28. The number of hydrogen-bond acceptors (Lipinski definition) is 4. The Morgan fingerprint density at radius 3 is 2.42 bits per heavy atom. The number of benzene rings is 1. The maximum atomic E-state index is 11.3. The van der Waals surface area contributed by atoms with Gasteiger partial charge in [0.2, 0.25) is 5.91 Å². The van der Waals surface area contributed by atoms with E-state index in [1.807, 2.05) is 19.2 Å². The molecular formula is C18H23N3O5. The smallest absolute Gasteiger partial charge is 0.303 e. The summed E-state index contributed by atoms with van der Waals surface area (Å²) < 4.78 is 0. The number of H-pyrrole nitrogens is 1. The molecule has 3 rings (SSSR count). The van der Waals surface area contributed by atoms with Crippen LogP contribution in [0.25, 0.3) is 10.9 Å². The van der Waals surface area contributed by atoms with Crippen LogP contribution in [0.5, 0.6) is 0 Å². The summed E-state index contributed by atoms with van der Waals surface area (Å²) in [7, 11) is 2.00. The van der Waals surface area contributed by atoms with E-state index in [4.69, 9.17) is 15.9 Å². The monoisotopic (exact) mass is 361 g/mol. The zero-order chi connectivity index (χ0) is 19.3. The predicted molar refractivity (Wildman–Crippen MR) is 96.2 cm³/mol. The highest BCUT2D eigenvalue weighted by Gasteiger charge is 2.21. The molecule has 1 heterocycles. The fraction of sp³-hybridized carbons (Fsp3) is 0.389. The normalized spacial score (nSPS) is 15.7. The van der Waals surface area contributed by atoms with Crippen molar-refractivity contribution in [2.75, 3.05) is 7.05 Å². The summed E-state index contributed by atoms with van der Waals surface area (Å²) in [6, 6.07) is 6.16. The molecule has 1 atom stereocenters. The van der Waals surface area contributed by atoms with Crippen LogP contribution in [0.2, 0.25) is 0 Å². The molecule has 26 heavy (non-hydrogen) atoms. The SMILES string of the molecule is CN[C@@H]1CCc2[nH]c3ccc(C(N)=O)cc3c2C1.O=C(O)CCC(=O)O. The number of rotatable bonds is 5. The molecule has 2 aromatic rings. The van der Waals surface area contributed by atoms with Crippen molar-refractivity contribution in [2.45, 2.75) is 38.1 Å². The van der Waals surface area contributed by atoms with Crippen molar-refractivity contribution in [3.05, 3.63) is 35.0 Å². The van der Waals surface area contributed by atoms with E-state index >= 15 is 0 Å². The molecule has 140 valence electrons. The second kappa shape index (κ2) is 8.48. The van der Waals surface area contributed by atoms with Crippen molar-refractivity contribution in [1.29, 1.82) is 0 Å². The molecule has 0 fully saturated rings. The summed E-state index contributed by atoms with van der Waals surface area (Å²) in [4.78, 5) is 34.0. The second-order valence-corrected chi connectivity index (χ2v) is 6.22. The molecule has 0 bridgehead atoms. The molecule has 6 N–H and O–H groups in total. The number of fused-ring (bicyclic) bond motifs is 3. The summed E-state index contributed by atoms with van der Waals surface area (Å²) in [5.41, 5.74) is 9.66. The van der Waals surface area contributed by atoms with Crippen LogP contribution in [0.1, 0.15) is 40.9 Å². The van der Waals surface area contributed by atoms with Gasteiger partial charge in [0.25, 0.3) is 0 Å². The van der Waals surface area contributed by atoms with Gasteiger partial charge in [0.15, 0.2) is 0 Å². The lowest BCUT2D eigenvalue weighted by atomic mass is 9.91. The highest BCUT2D eigenvalue weighted by molar-refractivity contribution is 5.98. The highest BCUT2D eigenvalue weighted by Crippen LogP contribution is 2.29. The third-order valence-corrected chi connectivity index (χ3v) is 4.43. The third kappa shape index (κ3) is 4.82. The number of carbonyl (C=O) groups excluding carboxylic acids is 1. The molecule has 0 saturated carbocycles. The van der Waals surface area contributed by atoms with Gasteiger partial charge < -0.3 is 26.2 Å². The number of carboxylic acids is 2. The molecule has 0 saturated heterocycles. The van der Waals surface area contributed by atoms with Crippen molar-refractivity contribution in [3.8, 4) is 0 Å². The van der Waals surface area contributed by atoms with E-state index in [2.05, 4.69) is 10.3 Å². The molecule has 0 unspecified atom stereocenters. The van der Waals surface area contributed by atoms with E-state index in [-0.39, 0.29) is 18.7 Å². The number of nitrogens with two attached hydrogens (primary N) is 1. The number of aromatic nitrogens is 1. The van der Waals surface area contributed by atoms with Crippen LogP contribution < -0.4 is 11.1 Å². The first kappa shape index (κ1) is 19.5. The Balaban J connectivity index is 0.000000260. The molecule has 0 spiro atoms. The minimum Gasteiger partial charge on any atom is -0.481 e. The summed E-state index contributed by atoms with van der Waals surface area (Å²) in [5, 5.41) is 20.3. The number of amides is 1. The van der Waals surface area contributed by atoms with Gasteiger partial charge in [0.1, 0.15) is 0 Å². The molecule has 1 aromatic heterocycles. The number of carbonyl (C=O) groups is 3. The Bertz CT molecular complexity index is 814. The number of aromatic amines is 1. The van der Waals surface area contributed by atoms with E-state index in [1.54, 1.807) is 6.07 Å². The van der Waals surface area contributed by atoms with Gasteiger partial charge in [0.05, 0.1) is 12.8 Å². The Kier molecular flexibility index (Phi) is 6.35. The number of hydrogen-bond donors (Lipinski definition) is 5. The van der Waals surface area contributed by atoms with Gasteiger partial charge in [-0.25, -0.2) is 0 Å². The molecule has 0 aliphatic heterocycles. The summed E-state index contributed by atoms with van der Waals surface area (Å²) in [6.07, 6.45) is 2.62. The summed E-state index contributed by atoms with van der Waals surface area (Å²) >= 11 is 0. The number of aryl methyl sites for hydroxylation is 1. The number of nitrogens with one attached hydrogen (secondary N) is 2. The fourth-order valence-corrected chi connectivity index (χ4v) is 3.03. The van der Waals surface area contributed by atoms with Gasteiger partial charge in [-0.2, -0.15) is 0 Å². The quantitative estimate of drug-likeness (QED) is 0.542. The zero-order valence-electron chi connectivity index (χ0n) is 14.5. The Labute approximate surface area is 150 Å². The number of primary amides is 1. The van der Waals surface area contributed by atoms with E-state index in [1.165, 1.54) is 11.3 Å². The Morgan fingerprint density at radius 1 is 1.23 bits per heavy atom. The molecule has 1 aromatic carbocycles. The van der Waals surface area contributed by atoms with Crippen molar-refractivity contribution in [2.24, 2.45) is 5.73 Å². The van der Waals surface area contributed by atoms with Crippen molar-refractivity contribution in [1.82, 2.24) is 10.3 Å². The molecule has 1 aliphatic rings. The average molecular weight is 361 g/mol. The van der Waals surface area contributed by atoms with Gasteiger partial charge in [-0.3, -0.25) is 14.4 Å². The van der Waals surface area contributed by atoms with Crippen LogP contribution in [-0.2, 0) is 22.4 Å². The van der Waals surface area contributed by atoms with Crippen molar-refractivity contribution < 1.29 is 24.6 Å². The maximum Gasteiger partial charge on any atom is 0.303 e. The standard InChI is InChI=1S/C14H17N3O.C4H6O4/c1-16-9-3-5-13-11(7-9)10-6-8(14(15)18)2-4-12(10)17-13;5-3(6)1-2-4(7)8/h2,4,6,9,16-17H,3,5,7H2,1H3,(H2,15,18);1-2H2,(H,5,6)(H,7,8)/t9-;/m1./s1. The van der Waals surface area contributed by atoms with Crippen molar-refractivity contribution >= 4 is 28.7 Å². The number of aliphatic carboxylic acids is 2. The number of carboxylic acid groups (broad SMARTS) is 2. The molecule has 1 amide bonds. The largest absolute Gasteiger partial charge is 0.481 e. The lowest BCUT2D eigenvalue weighted by molar-refractivity contribution is -0.143.